The highest BCUT2D eigenvalue weighted by atomic mass is 16.8. The van der Waals surface area contributed by atoms with Crippen molar-refractivity contribution in [1.29, 1.82) is 0 Å². The van der Waals surface area contributed by atoms with Gasteiger partial charge >= 0.3 is 0 Å². The number of rotatable bonds is 5. The summed E-state index contributed by atoms with van der Waals surface area (Å²) in [6.45, 7) is 0.627. The molecular weight excluding hydrogens is 316 g/mol. The number of nitrogens with zero attached hydrogens (tertiary/aromatic N) is 4. The van der Waals surface area contributed by atoms with Crippen LogP contribution in [0.15, 0.2) is 73.3 Å². The van der Waals surface area contributed by atoms with Crippen LogP contribution in [0.1, 0.15) is 12.0 Å². The third-order valence-corrected chi connectivity index (χ3v) is 4.59. The quantitative estimate of drug-likeness (QED) is 0.717. The lowest BCUT2D eigenvalue weighted by atomic mass is 9.86. The Labute approximate surface area is 146 Å². The van der Waals surface area contributed by atoms with Crippen LogP contribution < -0.4 is 4.74 Å². The largest absolute Gasteiger partial charge is 0.463 e. The molecule has 128 valence electrons. The Morgan fingerprint density at radius 3 is 2.52 bits per heavy atom. The Morgan fingerprint density at radius 1 is 1.12 bits per heavy atom. The molecule has 0 radical (unpaired) electrons. The maximum Gasteiger partial charge on any atom is 0.220 e. The molecule has 3 aromatic rings. The van der Waals surface area contributed by atoms with E-state index in [2.05, 4.69) is 22.2 Å². The first-order valence-electron chi connectivity index (χ1n) is 8.26. The first-order valence-corrected chi connectivity index (χ1v) is 8.26. The first-order chi connectivity index (χ1) is 12.3. The summed E-state index contributed by atoms with van der Waals surface area (Å²) in [5.41, 5.74) is 0.779. The molecule has 0 spiro atoms. The number of ether oxygens (including phenoxy) is 1. The number of aromatic nitrogens is 3. The van der Waals surface area contributed by atoms with E-state index in [1.807, 2.05) is 65.3 Å². The molecule has 6 heteroatoms. The molecule has 4 rings (SSSR count). The summed E-state index contributed by atoms with van der Waals surface area (Å²) in [5.74, 6) is 0.797. The second-order valence-corrected chi connectivity index (χ2v) is 6.16. The monoisotopic (exact) mass is 336 g/mol. The molecule has 2 heterocycles. The van der Waals surface area contributed by atoms with Crippen LogP contribution in [0, 0.1) is 0 Å². The highest BCUT2D eigenvalue weighted by molar-refractivity contribution is 5.26. The smallest absolute Gasteiger partial charge is 0.220 e. The topological polar surface area (TPSA) is 52.4 Å². The Hall–Kier alpha value is -2.70. The highest BCUT2D eigenvalue weighted by Gasteiger charge is 2.48. The Bertz CT molecular complexity index is 795. The molecule has 1 fully saturated rings. The predicted molar refractivity (Wildman–Crippen MR) is 92.5 cm³/mol. The summed E-state index contributed by atoms with van der Waals surface area (Å²) >= 11 is 0. The number of hydrogen-bond donors (Lipinski definition) is 0. The van der Waals surface area contributed by atoms with Gasteiger partial charge in [0.1, 0.15) is 18.4 Å². The van der Waals surface area contributed by atoms with Crippen molar-refractivity contribution in [2.45, 2.75) is 24.8 Å². The first kappa shape index (κ1) is 15.8. The number of likely N-dealkylation sites (N-methyl/N-ethyl adjacent to an activating group) is 1. The van der Waals surface area contributed by atoms with E-state index in [1.54, 1.807) is 12.7 Å². The average molecular weight is 336 g/mol. The Morgan fingerprint density at radius 2 is 1.84 bits per heavy atom. The minimum atomic E-state index is -0.381. The molecule has 0 aliphatic carbocycles. The molecule has 1 aliphatic heterocycles. The fraction of sp³-hybridized carbons (Fsp3) is 0.263. The van der Waals surface area contributed by atoms with Crippen LogP contribution in [0.5, 0.6) is 5.75 Å². The van der Waals surface area contributed by atoms with Crippen LogP contribution in [0.2, 0.25) is 0 Å². The van der Waals surface area contributed by atoms with E-state index in [4.69, 9.17) is 9.57 Å². The van der Waals surface area contributed by atoms with E-state index >= 15 is 0 Å². The van der Waals surface area contributed by atoms with E-state index in [1.165, 1.54) is 0 Å². The fourth-order valence-electron chi connectivity index (χ4n) is 3.32. The Balaban J connectivity index is 1.64. The molecule has 1 aromatic heterocycles. The summed E-state index contributed by atoms with van der Waals surface area (Å²) in [6, 6.07) is 20.1. The van der Waals surface area contributed by atoms with Crippen molar-refractivity contribution in [3.63, 3.8) is 0 Å². The number of hydroxylamine groups is 2. The third kappa shape index (κ3) is 3.14. The summed E-state index contributed by atoms with van der Waals surface area (Å²) in [7, 11) is 1.94. The molecule has 0 bridgehead atoms. The van der Waals surface area contributed by atoms with Crippen molar-refractivity contribution < 1.29 is 9.57 Å². The molecule has 2 aromatic carbocycles. The van der Waals surface area contributed by atoms with Crippen molar-refractivity contribution in [1.82, 2.24) is 19.8 Å². The van der Waals surface area contributed by atoms with Gasteiger partial charge in [0.15, 0.2) is 0 Å². The molecule has 2 atom stereocenters. The van der Waals surface area contributed by atoms with Gasteiger partial charge in [-0.3, -0.25) is 9.52 Å². The lowest BCUT2D eigenvalue weighted by molar-refractivity contribution is -0.217. The SMILES string of the molecule is CN1OC(Oc2ccccc2)CC1(Cn1cncn1)c1ccccc1. The minimum Gasteiger partial charge on any atom is -0.463 e. The maximum absolute atomic E-state index is 6.03. The van der Waals surface area contributed by atoms with Crippen LogP contribution >= 0.6 is 0 Å². The van der Waals surface area contributed by atoms with Crippen LogP contribution in [-0.2, 0) is 16.9 Å². The van der Waals surface area contributed by atoms with E-state index in [9.17, 15) is 0 Å². The number of para-hydroxylation sites is 1. The molecule has 2 unspecified atom stereocenters. The molecular formula is C19H20N4O2. The highest BCUT2D eigenvalue weighted by Crippen LogP contribution is 2.41. The van der Waals surface area contributed by atoms with Crippen molar-refractivity contribution in [3.05, 3.63) is 78.9 Å². The van der Waals surface area contributed by atoms with Gasteiger partial charge in [-0.25, -0.2) is 4.98 Å². The van der Waals surface area contributed by atoms with Crippen molar-refractivity contribution in [2.24, 2.45) is 0 Å². The van der Waals surface area contributed by atoms with Crippen LogP contribution in [0.4, 0.5) is 0 Å². The van der Waals surface area contributed by atoms with Crippen LogP contribution in [0.25, 0.3) is 0 Å². The molecule has 25 heavy (non-hydrogen) atoms. The van der Waals surface area contributed by atoms with Gasteiger partial charge in [-0.15, -0.1) is 0 Å². The van der Waals surface area contributed by atoms with Crippen molar-refractivity contribution in [2.75, 3.05) is 7.05 Å². The van der Waals surface area contributed by atoms with Crippen molar-refractivity contribution in [3.8, 4) is 5.75 Å². The summed E-state index contributed by atoms with van der Waals surface area (Å²) < 4.78 is 7.86. The van der Waals surface area contributed by atoms with Crippen molar-refractivity contribution >= 4 is 0 Å². The van der Waals surface area contributed by atoms with Gasteiger partial charge in [-0.1, -0.05) is 48.5 Å². The second kappa shape index (κ2) is 6.66. The van der Waals surface area contributed by atoms with E-state index in [0.717, 1.165) is 11.3 Å². The normalized spacial score (nSPS) is 23.6. The third-order valence-electron chi connectivity index (χ3n) is 4.59. The molecule has 0 N–H and O–H groups in total. The van der Waals surface area contributed by atoms with Gasteiger partial charge in [0.2, 0.25) is 6.29 Å². The lowest BCUT2D eigenvalue weighted by Gasteiger charge is -2.33. The predicted octanol–water partition coefficient (Wildman–Crippen LogP) is 2.85. The molecule has 0 saturated carbocycles. The summed E-state index contributed by atoms with van der Waals surface area (Å²) in [5, 5.41) is 6.16. The number of hydrogen-bond acceptors (Lipinski definition) is 5. The van der Waals surface area contributed by atoms with Gasteiger partial charge in [0, 0.05) is 13.5 Å². The van der Waals surface area contributed by atoms with Gasteiger partial charge in [-0.2, -0.15) is 10.2 Å². The molecule has 1 saturated heterocycles. The van der Waals surface area contributed by atoms with E-state index < -0.39 is 0 Å². The summed E-state index contributed by atoms with van der Waals surface area (Å²) in [4.78, 5) is 10.1. The minimum absolute atomic E-state index is 0.365. The zero-order valence-electron chi connectivity index (χ0n) is 14.0. The fourth-order valence-corrected chi connectivity index (χ4v) is 3.32. The van der Waals surface area contributed by atoms with Gasteiger partial charge in [-0.05, 0) is 17.7 Å². The average Bonchev–Trinajstić information content (AvgIpc) is 3.26. The van der Waals surface area contributed by atoms with Gasteiger partial charge in [0.05, 0.1) is 12.1 Å². The molecule has 6 nitrogen and oxygen atoms in total. The standard InChI is InChI=1S/C19H20N4O2/c1-22-19(13-23-15-20-14-21-23,16-8-4-2-5-9-16)12-18(25-22)24-17-10-6-3-7-11-17/h2-11,14-15,18H,12-13H2,1H3. The number of benzene rings is 2. The second-order valence-electron chi connectivity index (χ2n) is 6.16. The molecule has 1 aliphatic rings. The summed E-state index contributed by atoms with van der Waals surface area (Å²) in [6.07, 6.45) is 3.59. The zero-order chi connectivity index (χ0) is 17.1. The molecule has 0 amide bonds. The van der Waals surface area contributed by atoms with Crippen LogP contribution in [0.3, 0.4) is 0 Å². The van der Waals surface area contributed by atoms with E-state index in [0.29, 0.717) is 13.0 Å². The van der Waals surface area contributed by atoms with Crippen LogP contribution in [-0.4, -0.2) is 33.2 Å². The Kier molecular flexibility index (Phi) is 4.21. The maximum atomic E-state index is 6.03. The van der Waals surface area contributed by atoms with Gasteiger partial charge in [0.25, 0.3) is 0 Å². The lowest BCUT2D eigenvalue weighted by Crippen LogP contribution is -2.41. The van der Waals surface area contributed by atoms with E-state index in [-0.39, 0.29) is 11.8 Å². The van der Waals surface area contributed by atoms with Gasteiger partial charge < -0.3 is 4.74 Å². The zero-order valence-corrected chi connectivity index (χ0v) is 14.0.